The number of nitrogens with zero attached hydrogens (tertiary/aromatic N) is 1. The van der Waals surface area contributed by atoms with Crippen molar-refractivity contribution in [1.82, 2.24) is 0 Å². The molecular formula is C15H19FN2O3. The molecule has 21 heavy (non-hydrogen) atoms. The number of hydrogen-bond acceptors (Lipinski definition) is 4. The number of amides is 1. The monoisotopic (exact) mass is 294 g/mol. The highest BCUT2D eigenvalue weighted by atomic mass is 19.1. The lowest BCUT2D eigenvalue weighted by Gasteiger charge is -2.29. The highest BCUT2D eigenvalue weighted by Crippen LogP contribution is 2.24. The van der Waals surface area contributed by atoms with Crippen LogP contribution in [0.1, 0.15) is 12.8 Å². The first-order valence-electron chi connectivity index (χ1n) is 7.29. The van der Waals surface area contributed by atoms with E-state index in [1.54, 1.807) is 12.1 Å². The fourth-order valence-corrected chi connectivity index (χ4v) is 2.62. The number of carbonyl (C=O) groups excluding carboxylic acids is 1. The normalized spacial score (nSPS) is 22.3. The molecule has 0 bridgehead atoms. The van der Waals surface area contributed by atoms with E-state index in [4.69, 9.17) is 9.47 Å². The maximum atomic E-state index is 13.9. The smallest absolute Gasteiger partial charge is 0.253 e. The van der Waals surface area contributed by atoms with E-state index < -0.39 is 11.9 Å². The largest absolute Gasteiger partial charge is 0.378 e. The highest BCUT2D eigenvalue weighted by Gasteiger charge is 2.24. The third-order valence-corrected chi connectivity index (χ3v) is 3.81. The van der Waals surface area contributed by atoms with Crippen LogP contribution in [0.15, 0.2) is 18.2 Å². The average molecular weight is 294 g/mol. The van der Waals surface area contributed by atoms with Gasteiger partial charge in [0.05, 0.1) is 18.9 Å². The van der Waals surface area contributed by atoms with Crippen LogP contribution in [-0.2, 0) is 14.3 Å². The number of nitrogens with one attached hydrogen (secondary N) is 1. The molecule has 0 aliphatic carbocycles. The van der Waals surface area contributed by atoms with Gasteiger partial charge in [-0.2, -0.15) is 0 Å². The molecule has 2 fully saturated rings. The molecule has 114 valence electrons. The lowest BCUT2D eigenvalue weighted by molar-refractivity contribution is -0.124. The van der Waals surface area contributed by atoms with E-state index in [9.17, 15) is 9.18 Å². The fourth-order valence-electron chi connectivity index (χ4n) is 2.62. The minimum Gasteiger partial charge on any atom is -0.378 e. The number of benzene rings is 1. The molecule has 0 spiro atoms. The third-order valence-electron chi connectivity index (χ3n) is 3.81. The Bertz CT molecular complexity index is 512. The zero-order valence-corrected chi connectivity index (χ0v) is 11.8. The SMILES string of the molecule is O=C(Nc1cc(N2CCOCC2)ccc1F)C1CCCO1. The van der Waals surface area contributed by atoms with Crippen molar-refractivity contribution in [1.29, 1.82) is 0 Å². The summed E-state index contributed by atoms with van der Waals surface area (Å²) in [6.45, 7) is 3.45. The molecule has 0 aromatic heterocycles. The number of ether oxygens (including phenoxy) is 2. The fraction of sp³-hybridized carbons (Fsp3) is 0.533. The molecular weight excluding hydrogens is 275 g/mol. The Morgan fingerprint density at radius 2 is 2.10 bits per heavy atom. The van der Waals surface area contributed by atoms with Crippen molar-refractivity contribution in [3.63, 3.8) is 0 Å². The summed E-state index contributed by atoms with van der Waals surface area (Å²) in [7, 11) is 0. The van der Waals surface area contributed by atoms with Crippen molar-refractivity contribution in [3.8, 4) is 0 Å². The van der Waals surface area contributed by atoms with Crippen molar-refractivity contribution in [2.75, 3.05) is 43.1 Å². The lowest BCUT2D eigenvalue weighted by Crippen LogP contribution is -2.36. The van der Waals surface area contributed by atoms with E-state index in [0.717, 1.165) is 25.2 Å². The Kier molecular flexibility index (Phi) is 4.36. The Balaban J connectivity index is 1.72. The maximum absolute atomic E-state index is 13.9. The zero-order valence-electron chi connectivity index (χ0n) is 11.8. The predicted molar refractivity (Wildman–Crippen MR) is 77.0 cm³/mol. The zero-order chi connectivity index (χ0) is 14.7. The van der Waals surface area contributed by atoms with Crippen LogP contribution < -0.4 is 10.2 Å². The second kappa shape index (κ2) is 6.41. The van der Waals surface area contributed by atoms with Gasteiger partial charge in [0.2, 0.25) is 0 Å². The number of hydrogen-bond donors (Lipinski definition) is 1. The summed E-state index contributed by atoms with van der Waals surface area (Å²) >= 11 is 0. The predicted octanol–water partition coefficient (Wildman–Crippen LogP) is 1.78. The second-order valence-corrected chi connectivity index (χ2v) is 5.25. The first-order valence-corrected chi connectivity index (χ1v) is 7.29. The topological polar surface area (TPSA) is 50.8 Å². The van der Waals surface area contributed by atoms with E-state index in [1.165, 1.54) is 6.07 Å². The number of anilines is 2. The van der Waals surface area contributed by atoms with E-state index >= 15 is 0 Å². The maximum Gasteiger partial charge on any atom is 0.253 e. The number of halogens is 1. The molecule has 2 saturated heterocycles. The van der Waals surface area contributed by atoms with Gasteiger partial charge in [-0.1, -0.05) is 0 Å². The third kappa shape index (κ3) is 3.33. The Labute approximate surface area is 123 Å². The molecule has 1 atom stereocenters. The molecule has 1 aromatic rings. The molecule has 0 saturated carbocycles. The van der Waals surface area contributed by atoms with Crippen LogP contribution in [0.2, 0.25) is 0 Å². The van der Waals surface area contributed by atoms with Gasteiger partial charge in [-0.25, -0.2) is 4.39 Å². The summed E-state index contributed by atoms with van der Waals surface area (Å²) < 4.78 is 24.5. The molecule has 6 heteroatoms. The van der Waals surface area contributed by atoms with E-state index in [0.29, 0.717) is 26.2 Å². The van der Waals surface area contributed by atoms with Crippen LogP contribution in [-0.4, -0.2) is 44.9 Å². The summed E-state index contributed by atoms with van der Waals surface area (Å²) in [5.41, 5.74) is 1.10. The van der Waals surface area contributed by atoms with E-state index in [2.05, 4.69) is 10.2 Å². The van der Waals surface area contributed by atoms with E-state index in [-0.39, 0.29) is 11.6 Å². The first-order chi connectivity index (χ1) is 10.2. The van der Waals surface area contributed by atoms with Crippen molar-refractivity contribution in [3.05, 3.63) is 24.0 Å². The highest BCUT2D eigenvalue weighted by molar-refractivity contribution is 5.94. The van der Waals surface area contributed by atoms with Crippen LogP contribution >= 0.6 is 0 Å². The van der Waals surface area contributed by atoms with Crippen LogP contribution in [0.3, 0.4) is 0 Å². The first kappa shape index (κ1) is 14.3. The van der Waals surface area contributed by atoms with Gasteiger partial charge in [-0.05, 0) is 31.0 Å². The second-order valence-electron chi connectivity index (χ2n) is 5.25. The van der Waals surface area contributed by atoms with Crippen molar-refractivity contribution < 1.29 is 18.7 Å². The number of carbonyl (C=O) groups is 1. The summed E-state index contributed by atoms with van der Waals surface area (Å²) in [5.74, 6) is -0.705. The molecule has 1 N–H and O–H groups in total. The van der Waals surface area contributed by atoms with Gasteiger partial charge in [-0.3, -0.25) is 4.79 Å². The number of morpholine rings is 1. The van der Waals surface area contributed by atoms with Crippen molar-refractivity contribution in [2.24, 2.45) is 0 Å². The van der Waals surface area contributed by atoms with Gasteiger partial charge in [0.1, 0.15) is 11.9 Å². The van der Waals surface area contributed by atoms with Gasteiger partial charge in [-0.15, -0.1) is 0 Å². The van der Waals surface area contributed by atoms with Gasteiger partial charge in [0.15, 0.2) is 0 Å². The quantitative estimate of drug-likeness (QED) is 0.923. The van der Waals surface area contributed by atoms with Crippen LogP contribution in [0.4, 0.5) is 15.8 Å². The summed E-state index contributed by atoms with van der Waals surface area (Å²) in [4.78, 5) is 14.1. The van der Waals surface area contributed by atoms with Gasteiger partial charge in [0.25, 0.3) is 5.91 Å². The molecule has 1 unspecified atom stereocenters. The van der Waals surface area contributed by atoms with Gasteiger partial charge < -0.3 is 19.7 Å². The van der Waals surface area contributed by atoms with Gasteiger partial charge in [0, 0.05) is 25.4 Å². The summed E-state index contributed by atoms with van der Waals surface area (Å²) in [6, 6.07) is 4.78. The Morgan fingerprint density at radius 1 is 1.29 bits per heavy atom. The van der Waals surface area contributed by atoms with E-state index in [1.807, 2.05) is 0 Å². The van der Waals surface area contributed by atoms with Crippen LogP contribution in [0.25, 0.3) is 0 Å². The molecule has 2 aliphatic heterocycles. The Hall–Kier alpha value is -1.66. The molecule has 2 heterocycles. The molecule has 5 nitrogen and oxygen atoms in total. The van der Waals surface area contributed by atoms with Crippen molar-refractivity contribution >= 4 is 17.3 Å². The molecule has 0 radical (unpaired) electrons. The Morgan fingerprint density at radius 3 is 2.81 bits per heavy atom. The molecule has 1 aromatic carbocycles. The molecule has 1 amide bonds. The van der Waals surface area contributed by atoms with Crippen LogP contribution in [0, 0.1) is 5.82 Å². The lowest BCUT2D eigenvalue weighted by atomic mass is 10.2. The summed E-state index contributed by atoms with van der Waals surface area (Å²) in [6.07, 6.45) is 1.10. The molecule has 3 rings (SSSR count). The minimum atomic E-state index is -0.462. The number of rotatable bonds is 3. The minimum absolute atomic E-state index is 0.208. The molecule has 2 aliphatic rings. The van der Waals surface area contributed by atoms with Gasteiger partial charge >= 0.3 is 0 Å². The standard InChI is InChI=1S/C15H19FN2O3/c16-12-4-3-11(18-5-8-20-9-6-18)10-13(12)17-15(19)14-2-1-7-21-14/h3-4,10,14H,1-2,5-9H2,(H,17,19). The average Bonchev–Trinajstić information content (AvgIpc) is 3.05. The summed E-state index contributed by atoms with van der Waals surface area (Å²) in [5, 5.41) is 2.63. The van der Waals surface area contributed by atoms with Crippen molar-refractivity contribution in [2.45, 2.75) is 18.9 Å². The van der Waals surface area contributed by atoms with Crippen LogP contribution in [0.5, 0.6) is 0 Å².